The lowest BCUT2D eigenvalue weighted by Gasteiger charge is -2.37. The van der Waals surface area contributed by atoms with E-state index in [2.05, 4.69) is 27.8 Å². The predicted octanol–water partition coefficient (Wildman–Crippen LogP) is 4.10. The van der Waals surface area contributed by atoms with Crippen LogP contribution in [0, 0.1) is 35.5 Å². The number of fused-ring (bicyclic) bond motifs is 1. The Kier molecular flexibility index (Phi) is 3.15. The molecule has 6 atom stereocenters. The van der Waals surface area contributed by atoms with Gasteiger partial charge in [-0.1, -0.05) is 31.4 Å². The second-order valence-electron chi connectivity index (χ2n) is 9.78. The first-order chi connectivity index (χ1) is 14.2. The number of carbonyl (C=O) groups is 2. The van der Waals surface area contributed by atoms with Gasteiger partial charge in [0.05, 0.1) is 34.9 Å². The summed E-state index contributed by atoms with van der Waals surface area (Å²) in [4.78, 5) is 32.8. The number of anilines is 1. The lowest BCUT2D eigenvalue weighted by molar-refractivity contribution is -0.124. The maximum absolute atomic E-state index is 13.3. The molecule has 1 aromatic heterocycles. The van der Waals surface area contributed by atoms with Crippen LogP contribution in [-0.4, -0.2) is 21.4 Å². The van der Waals surface area contributed by atoms with Crippen LogP contribution in [-0.2, 0) is 9.59 Å². The fourth-order valence-electron chi connectivity index (χ4n) is 7.02. The summed E-state index contributed by atoms with van der Waals surface area (Å²) in [6, 6.07) is 6.47. The van der Waals surface area contributed by atoms with Gasteiger partial charge in [0, 0.05) is 6.04 Å². The summed E-state index contributed by atoms with van der Waals surface area (Å²) in [6.45, 7) is 0. The van der Waals surface area contributed by atoms with Gasteiger partial charge in [0.2, 0.25) is 11.8 Å². The molecular formula is C24H25N3O2. The molecule has 6 aliphatic rings. The molecule has 1 aromatic carbocycles. The van der Waals surface area contributed by atoms with Crippen LogP contribution in [0.4, 0.5) is 5.69 Å². The van der Waals surface area contributed by atoms with Crippen LogP contribution in [0.5, 0.6) is 0 Å². The van der Waals surface area contributed by atoms with Gasteiger partial charge in [-0.3, -0.25) is 9.59 Å². The Balaban J connectivity index is 1.25. The molecule has 5 heteroatoms. The molecule has 148 valence electrons. The SMILES string of the molecule is O=C1[C@@H]2[C@H]3C=C[C@@H]([C@@H]4C[C@@H]34)[C@H]2C(=O)N1c1ccc2c(c1)ncn2C1CCCCC1. The van der Waals surface area contributed by atoms with Crippen LogP contribution in [0.3, 0.4) is 0 Å². The molecule has 2 heterocycles. The van der Waals surface area contributed by atoms with Crippen molar-refractivity contribution in [1.29, 1.82) is 0 Å². The molecule has 2 bridgehead atoms. The van der Waals surface area contributed by atoms with Crippen molar-refractivity contribution in [2.24, 2.45) is 35.5 Å². The molecule has 1 aliphatic heterocycles. The maximum atomic E-state index is 13.3. The Morgan fingerprint density at radius 2 is 1.59 bits per heavy atom. The van der Waals surface area contributed by atoms with Crippen molar-refractivity contribution >= 4 is 28.5 Å². The van der Waals surface area contributed by atoms with Crippen molar-refractivity contribution in [2.75, 3.05) is 4.90 Å². The molecule has 5 nitrogen and oxygen atoms in total. The second kappa shape index (κ2) is 5.59. The number of benzene rings is 1. The third-order valence-corrected chi connectivity index (χ3v) is 8.45. The number of carbonyl (C=O) groups excluding carboxylic acids is 2. The molecule has 8 rings (SSSR count). The average molecular weight is 387 g/mol. The van der Waals surface area contributed by atoms with Crippen LogP contribution in [0.2, 0.25) is 0 Å². The molecule has 0 spiro atoms. The van der Waals surface area contributed by atoms with Gasteiger partial charge >= 0.3 is 0 Å². The van der Waals surface area contributed by atoms with Crippen molar-refractivity contribution in [1.82, 2.24) is 9.55 Å². The topological polar surface area (TPSA) is 55.2 Å². The fourth-order valence-corrected chi connectivity index (χ4v) is 7.02. The van der Waals surface area contributed by atoms with Crippen molar-refractivity contribution in [3.05, 3.63) is 36.7 Å². The highest BCUT2D eigenvalue weighted by molar-refractivity contribution is 6.23. The van der Waals surface area contributed by atoms with Crippen molar-refractivity contribution in [3.63, 3.8) is 0 Å². The summed E-state index contributed by atoms with van der Waals surface area (Å²) in [7, 11) is 0. The summed E-state index contributed by atoms with van der Waals surface area (Å²) >= 11 is 0. The zero-order valence-corrected chi connectivity index (χ0v) is 16.4. The zero-order chi connectivity index (χ0) is 19.3. The van der Waals surface area contributed by atoms with E-state index in [0.717, 1.165) is 11.0 Å². The van der Waals surface area contributed by atoms with Gasteiger partial charge < -0.3 is 4.57 Å². The number of hydrogen-bond acceptors (Lipinski definition) is 3. The molecule has 4 fully saturated rings. The van der Waals surface area contributed by atoms with E-state index in [1.807, 2.05) is 18.5 Å². The first-order valence-corrected chi connectivity index (χ1v) is 11.2. The minimum absolute atomic E-state index is 0.00997. The quantitative estimate of drug-likeness (QED) is 0.576. The highest BCUT2D eigenvalue weighted by Crippen LogP contribution is 2.65. The third kappa shape index (κ3) is 2.08. The Morgan fingerprint density at radius 1 is 0.897 bits per heavy atom. The lowest BCUT2D eigenvalue weighted by Crippen LogP contribution is -2.40. The van der Waals surface area contributed by atoms with Crippen LogP contribution in [0.15, 0.2) is 36.7 Å². The van der Waals surface area contributed by atoms with Crippen LogP contribution >= 0.6 is 0 Å². The molecule has 29 heavy (non-hydrogen) atoms. The van der Waals surface area contributed by atoms with E-state index >= 15 is 0 Å². The Hall–Kier alpha value is -2.43. The van der Waals surface area contributed by atoms with Gasteiger partial charge in [-0.05, 0) is 61.1 Å². The van der Waals surface area contributed by atoms with Gasteiger partial charge in [0.1, 0.15) is 0 Å². The highest BCUT2D eigenvalue weighted by atomic mass is 16.2. The normalized spacial score (nSPS) is 38.0. The minimum atomic E-state index is -0.142. The molecule has 5 aliphatic carbocycles. The van der Waals surface area contributed by atoms with Gasteiger partial charge in [-0.2, -0.15) is 0 Å². The lowest BCUT2D eigenvalue weighted by atomic mass is 9.63. The Labute approximate surface area is 169 Å². The van der Waals surface area contributed by atoms with Gasteiger partial charge in [-0.15, -0.1) is 0 Å². The third-order valence-electron chi connectivity index (χ3n) is 8.45. The first kappa shape index (κ1) is 16.4. The van der Waals surface area contributed by atoms with Crippen molar-refractivity contribution in [3.8, 4) is 0 Å². The number of amides is 2. The number of aromatic nitrogens is 2. The molecule has 1 saturated heterocycles. The number of nitrogens with zero attached hydrogens (tertiary/aromatic N) is 3. The van der Waals surface area contributed by atoms with Crippen LogP contribution < -0.4 is 4.90 Å². The first-order valence-electron chi connectivity index (χ1n) is 11.2. The number of hydrogen-bond donors (Lipinski definition) is 0. The molecule has 3 saturated carbocycles. The van der Waals surface area contributed by atoms with Crippen molar-refractivity contribution < 1.29 is 9.59 Å². The van der Waals surface area contributed by atoms with E-state index in [1.54, 1.807) is 0 Å². The Bertz CT molecular complexity index is 1040. The number of imide groups is 1. The largest absolute Gasteiger partial charge is 0.327 e. The smallest absolute Gasteiger partial charge is 0.238 e. The second-order valence-corrected chi connectivity index (χ2v) is 9.78. The fraction of sp³-hybridized carbons (Fsp3) is 0.542. The predicted molar refractivity (Wildman–Crippen MR) is 109 cm³/mol. The average Bonchev–Trinajstić information content (AvgIpc) is 3.42. The van der Waals surface area contributed by atoms with Crippen molar-refractivity contribution in [2.45, 2.75) is 44.6 Å². The van der Waals surface area contributed by atoms with Crippen LogP contribution in [0.25, 0.3) is 11.0 Å². The monoisotopic (exact) mass is 387 g/mol. The molecular weight excluding hydrogens is 362 g/mol. The molecule has 2 amide bonds. The summed E-state index contributed by atoms with van der Waals surface area (Å²) < 4.78 is 2.29. The van der Waals surface area contributed by atoms with E-state index in [9.17, 15) is 9.59 Å². The zero-order valence-electron chi connectivity index (χ0n) is 16.4. The van der Waals surface area contributed by atoms with E-state index in [4.69, 9.17) is 0 Å². The summed E-state index contributed by atoms with van der Waals surface area (Å²) in [5, 5.41) is 0. The molecule has 0 unspecified atom stereocenters. The van der Waals surface area contributed by atoms with E-state index < -0.39 is 0 Å². The van der Waals surface area contributed by atoms with Gasteiger partial charge in [-0.25, -0.2) is 9.88 Å². The van der Waals surface area contributed by atoms with Gasteiger partial charge in [0.25, 0.3) is 0 Å². The highest BCUT2D eigenvalue weighted by Gasteiger charge is 2.67. The minimum Gasteiger partial charge on any atom is -0.327 e. The Morgan fingerprint density at radius 3 is 2.28 bits per heavy atom. The van der Waals surface area contributed by atoms with E-state index in [-0.39, 0.29) is 35.5 Å². The molecule has 0 radical (unpaired) electrons. The maximum Gasteiger partial charge on any atom is 0.238 e. The number of imidazole rings is 1. The van der Waals surface area contributed by atoms with E-state index in [0.29, 0.717) is 23.6 Å². The summed E-state index contributed by atoms with van der Waals surface area (Å²) in [5.41, 5.74) is 2.69. The molecule has 0 N–H and O–H groups in total. The number of rotatable bonds is 2. The number of allylic oxidation sites excluding steroid dienone is 2. The summed E-state index contributed by atoms with van der Waals surface area (Å²) in [6.07, 6.45) is 13.9. The standard InChI is InChI=1S/C24H25N3O2/c28-23-21-15-7-8-16(18-11-17(15)18)22(21)24(29)27(23)14-6-9-20-19(10-14)25-12-26(20)13-4-2-1-3-5-13/h6-10,12-13,15-18,21-22H,1-5,11H2/t15-,16-,17-,18-,21+,22+/m0/s1. The summed E-state index contributed by atoms with van der Waals surface area (Å²) in [5.74, 6) is 1.55. The van der Waals surface area contributed by atoms with E-state index in [1.165, 1.54) is 43.4 Å². The van der Waals surface area contributed by atoms with Gasteiger partial charge in [0.15, 0.2) is 0 Å². The molecule has 2 aromatic rings. The van der Waals surface area contributed by atoms with Crippen LogP contribution in [0.1, 0.15) is 44.6 Å².